The summed E-state index contributed by atoms with van der Waals surface area (Å²) in [5, 5.41) is 5.05. The van der Waals surface area contributed by atoms with E-state index in [1.165, 1.54) is 21.5 Å². The van der Waals surface area contributed by atoms with E-state index in [9.17, 15) is 0 Å². The number of hydrogen-bond acceptors (Lipinski definition) is 2. The number of fused-ring (bicyclic) bond motifs is 3. The van der Waals surface area contributed by atoms with Crippen molar-refractivity contribution in [2.45, 2.75) is 0 Å². The van der Waals surface area contributed by atoms with E-state index in [0.717, 1.165) is 5.46 Å². The molecule has 0 unspecified atom stereocenters. The predicted octanol–water partition coefficient (Wildman–Crippen LogP) is 2.74. The van der Waals surface area contributed by atoms with Crippen LogP contribution < -0.4 is 5.46 Å². The molecule has 0 amide bonds. The summed E-state index contributed by atoms with van der Waals surface area (Å²) in [5.41, 5.74) is 1.10. The summed E-state index contributed by atoms with van der Waals surface area (Å²) in [4.78, 5) is 0. The SMILES string of the molecule is c1ccc2c(c1)ccc1ccc(B3OCCO3)cc12. The van der Waals surface area contributed by atoms with Gasteiger partial charge in [-0.25, -0.2) is 0 Å². The fourth-order valence-electron chi connectivity index (χ4n) is 2.72. The molecule has 1 aliphatic heterocycles. The van der Waals surface area contributed by atoms with Crippen molar-refractivity contribution in [1.29, 1.82) is 0 Å². The van der Waals surface area contributed by atoms with Crippen molar-refractivity contribution in [3.63, 3.8) is 0 Å². The maximum atomic E-state index is 5.58. The van der Waals surface area contributed by atoms with Gasteiger partial charge in [-0.2, -0.15) is 0 Å². The first-order valence-electron chi connectivity index (χ1n) is 6.56. The molecule has 3 aromatic carbocycles. The minimum absolute atomic E-state index is 0.205. The summed E-state index contributed by atoms with van der Waals surface area (Å²) >= 11 is 0. The molecule has 4 rings (SSSR count). The number of benzene rings is 3. The van der Waals surface area contributed by atoms with Crippen LogP contribution in [0.25, 0.3) is 21.5 Å². The van der Waals surface area contributed by atoms with Gasteiger partial charge >= 0.3 is 7.12 Å². The van der Waals surface area contributed by atoms with E-state index < -0.39 is 0 Å². The molecule has 0 spiro atoms. The van der Waals surface area contributed by atoms with Crippen molar-refractivity contribution in [2.75, 3.05) is 13.2 Å². The zero-order valence-electron chi connectivity index (χ0n) is 10.5. The Morgan fingerprint density at radius 3 is 2.26 bits per heavy atom. The van der Waals surface area contributed by atoms with Gasteiger partial charge in [-0.3, -0.25) is 0 Å². The zero-order valence-corrected chi connectivity index (χ0v) is 10.5. The van der Waals surface area contributed by atoms with Crippen LogP contribution in [0.2, 0.25) is 0 Å². The van der Waals surface area contributed by atoms with Crippen molar-refractivity contribution in [3.05, 3.63) is 54.6 Å². The van der Waals surface area contributed by atoms with Gasteiger partial charge in [0.05, 0.1) is 13.2 Å². The smallest absolute Gasteiger partial charge is 0.405 e. The molecule has 1 saturated heterocycles. The summed E-state index contributed by atoms with van der Waals surface area (Å²) < 4.78 is 11.2. The molecule has 92 valence electrons. The van der Waals surface area contributed by atoms with Crippen molar-refractivity contribution < 1.29 is 9.31 Å². The van der Waals surface area contributed by atoms with E-state index in [1.807, 2.05) is 0 Å². The molecule has 0 radical (unpaired) electrons. The average Bonchev–Trinajstić information content (AvgIpc) is 3.01. The Morgan fingerprint density at radius 1 is 0.737 bits per heavy atom. The highest BCUT2D eigenvalue weighted by Crippen LogP contribution is 2.24. The summed E-state index contributed by atoms with van der Waals surface area (Å²) in [5.74, 6) is 0. The molecule has 0 aliphatic carbocycles. The van der Waals surface area contributed by atoms with E-state index in [2.05, 4.69) is 54.6 Å². The third-order valence-electron chi connectivity index (χ3n) is 3.66. The van der Waals surface area contributed by atoms with Gasteiger partial charge < -0.3 is 9.31 Å². The predicted molar refractivity (Wildman–Crippen MR) is 78.7 cm³/mol. The maximum absolute atomic E-state index is 5.58. The van der Waals surface area contributed by atoms with Crippen LogP contribution in [0.3, 0.4) is 0 Å². The lowest BCUT2D eigenvalue weighted by Gasteiger charge is -2.08. The maximum Gasteiger partial charge on any atom is 0.494 e. The van der Waals surface area contributed by atoms with E-state index >= 15 is 0 Å². The largest absolute Gasteiger partial charge is 0.494 e. The summed E-state index contributed by atoms with van der Waals surface area (Å²) in [6, 6.07) is 19.2. The normalized spacial score (nSPS) is 15.5. The number of rotatable bonds is 1. The van der Waals surface area contributed by atoms with Gasteiger partial charge in [0.2, 0.25) is 0 Å². The summed E-state index contributed by atoms with van der Waals surface area (Å²) in [6.45, 7) is 1.36. The van der Waals surface area contributed by atoms with Crippen LogP contribution in [0.5, 0.6) is 0 Å². The second-order valence-electron chi connectivity index (χ2n) is 4.84. The Hall–Kier alpha value is -1.84. The van der Waals surface area contributed by atoms with Gasteiger partial charge in [-0.1, -0.05) is 54.6 Å². The minimum atomic E-state index is -0.205. The fourth-order valence-corrected chi connectivity index (χ4v) is 2.72. The van der Waals surface area contributed by atoms with E-state index in [0.29, 0.717) is 13.2 Å². The molecular formula is C16H13BO2. The zero-order chi connectivity index (χ0) is 12.7. The van der Waals surface area contributed by atoms with Gasteiger partial charge in [0.1, 0.15) is 0 Å². The Labute approximate surface area is 112 Å². The molecule has 0 N–H and O–H groups in total. The van der Waals surface area contributed by atoms with E-state index in [1.54, 1.807) is 0 Å². The second kappa shape index (κ2) is 4.37. The third-order valence-corrected chi connectivity index (χ3v) is 3.66. The third kappa shape index (κ3) is 1.82. The Balaban J connectivity index is 1.97. The molecule has 2 nitrogen and oxygen atoms in total. The lowest BCUT2D eigenvalue weighted by atomic mass is 9.78. The molecule has 1 fully saturated rings. The fraction of sp³-hybridized carbons (Fsp3) is 0.125. The quantitative estimate of drug-likeness (QED) is 0.487. The van der Waals surface area contributed by atoms with E-state index in [4.69, 9.17) is 9.31 Å². The lowest BCUT2D eigenvalue weighted by Crippen LogP contribution is -2.31. The molecule has 1 heterocycles. The van der Waals surface area contributed by atoms with Gasteiger partial charge in [0.25, 0.3) is 0 Å². The molecule has 3 heteroatoms. The molecule has 1 aliphatic rings. The molecule has 0 bridgehead atoms. The van der Waals surface area contributed by atoms with Crippen LogP contribution in [0, 0.1) is 0 Å². The van der Waals surface area contributed by atoms with Crippen molar-refractivity contribution >= 4 is 34.1 Å². The Bertz CT molecular complexity index is 748. The van der Waals surface area contributed by atoms with Gasteiger partial charge in [-0.05, 0) is 27.0 Å². The standard InChI is InChI=1S/C16H13BO2/c1-2-4-15-12(3-1)5-6-13-7-8-14(11-16(13)15)17-18-9-10-19-17/h1-8,11H,9-10H2. The van der Waals surface area contributed by atoms with Crippen LogP contribution in [-0.4, -0.2) is 20.3 Å². The molecular weight excluding hydrogens is 235 g/mol. The van der Waals surface area contributed by atoms with Gasteiger partial charge in [0, 0.05) is 0 Å². The van der Waals surface area contributed by atoms with Crippen molar-refractivity contribution in [3.8, 4) is 0 Å². The molecule has 0 saturated carbocycles. The highest BCUT2D eigenvalue weighted by atomic mass is 16.6. The average molecular weight is 248 g/mol. The van der Waals surface area contributed by atoms with Crippen LogP contribution in [0.1, 0.15) is 0 Å². The first-order chi connectivity index (χ1) is 9.42. The highest BCUT2D eigenvalue weighted by Gasteiger charge is 2.26. The van der Waals surface area contributed by atoms with E-state index in [-0.39, 0.29) is 7.12 Å². The van der Waals surface area contributed by atoms with Gasteiger partial charge in [-0.15, -0.1) is 0 Å². The molecule has 0 aromatic heterocycles. The Morgan fingerprint density at radius 2 is 1.42 bits per heavy atom. The van der Waals surface area contributed by atoms with Crippen molar-refractivity contribution in [1.82, 2.24) is 0 Å². The van der Waals surface area contributed by atoms with Crippen molar-refractivity contribution in [2.24, 2.45) is 0 Å². The van der Waals surface area contributed by atoms with Crippen LogP contribution in [0.4, 0.5) is 0 Å². The van der Waals surface area contributed by atoms with Crippen LogP contribution in [0.15, 0.2) is 54.6 Å². The summed E-state index contributed by atoms with van der Waals surface area (Å²) in [6.07, 6.45) is 0. The molecule has 3 aromatic rings. The monoisotopic (exact) mass is 248 g/mol. The lowest BCUT2D eigenvalue weighted by molar-refractivity contribution is 0.365. The van der Waals surface area contributed by atoms with Crippen LogP contribution in [-0.2, 0) is 9.31 Å². The Kier molecular flexibility index (Phi) is 2.54. The summed E-state index contributed by atoms with van der Waals surface area (Å²) in [7, 11) is -0.205. The van der Waals surface area contributed by atoms with Crippen LogP contribution >= 0.6 is 0 Å². The molecule has 19 heavy (non-hydrogen) atoms. The minimum Gasteiger partial charge on any atom is -0.405 e. The highest BCUT2D eigenvalue weighted by molar-refractivity contribution is 6.62. The number of hydrogen-bond donors (Lipinski definition) is 0. The topological polar surface area (TPSA) is 18.5 Å². The van der Waals surface area contributed by atoms with Gasteiger partial charge in [0.15, 0.2) is 0 Å². The second-order valence-corrected chi connectivity index (χ2v) is 4.84. The molecule has 0 atom stereocenters. The first kappa shape index (κ1) is 11.0. The first-order valence-corrected chi connectivity index (χ1v) is 6.56.